The van der Waals surface area contributed by atoms with Gasteiger partial charge in [0.05, 0.1) is 23.4 Å². The summed E-state index contributed by atoms with van der Waals surface area (Å²) in [6, 6.07) is 0. The van der Waals surface area contributed by atoms with Gasteiger partial charge in [-0.1, -0.05) is 52.0 Å². The number of fused-ring (bicyclic) bond motifs is 4. The summed E-state index contributed by atoms with van der Waals surface area (Å²) in [6.45, 7) is 7.74. The van der Waals surface area contributed by atoms with E-state index in [1.807, 2.05) is 52.0 Å². The standard InChI is InChI=1S/C19H24O4/c1-10-14-5-7-18(22-14,12(3)16(10)20)9-19-8-6-15(23-19)11(2)17(21)13(19)4/h5-8,10-15H,9H2,1-4H3/t10-,11-,12-,13-,14+,15+,18+,19+/m1/s1. The van der Waals surface area contributed by atoms with Crippen LogP contribution in [0, 0.1) is 23.7 Å². The van der Waals surface area contributed by atoms with Crippen LogP contribution in [0.1, 0.15) is 34.1 Å². The Bertz CT molecular complexity index is 581. The molecule has 0 saturated carbocycles. The lowest BCUT2D eigenvalue weighted by atomic mass is 9.69. The van der Waals surface area contributed by atoms with Crippen LogP contribution in [-0.4, -0.2) is 35.0 Å². The first-order chi connectivity index (χ1) is 10.8. The molecule has 0 amide bonds. The molecule has 4 heteroatoms. The summed E-state index contributed by atoms with van der Waals surface area (Å²) >= 11 is 0. The third kappa shape index (κ3) is 1.85. The fraction of sp³-hybridized carbons (Fsp3) is 0.684. The van der Waals surface area contributed by atoms with Crippen LogP contribution in [0.25, 0.3) is 0 Å². The maximum atomic E-state index is 12.6. The molecular weight excluding hydrogens is 292 g/mol. The monoisotopic (exact) mass is 316 g/mol. The zero-order valence-electron chi connectivity index (χ0n) is 14.1. The summed E-state index contributed by atoms with van der Waals surface area (Å²) in [7, 11) is 0. The average Bonchev–Trinajstić information content (AvgIpc) is 3.12. The predicted octanol–water partition coefficient (Wildman–Crippen LogP) is 2.47. The summed E-state index contributed by atoms with van der Waals surface area (Å²) < 4.78 is 12.6. The van der Waals surface area contributed by atoms with Crippen molar-refractivity contribution in [1.29, 1.82) is 0 Å². The molecule has 0 N–H and O–H groups in total. The van der Waals surface area contributed by atoms with E-state index < -0.39 is 11.2 Å². The molecule has 4 nitrogen and oxygen atoms in total. The Morgan fingerprint density at radius 3 is 1.61 bits per heavy atom. The number of Topliss-reactive ketones (excluding diaryl/α,β-unsaturated/α-hetero) is 2. The van der Waals surface area contributed by atoms with E-state index >= 15 is 0 Å². The van der Waals surface area contributed by atoms with Crippen LogP contribution in [0.5, 0.6) is 0 Å². The molecule has 2 fully saturated rings. The second-order valence-electron chi connectivity index (χ2n) is 7.80. The van der Waals surface area contributed by atoms with Gasteiger partial charge in [-0.05, 0) is 0 Å². The van der Waals surface area contributed by atoms with E-state index in [4.69, 9.17) is 9.47 Å². The van der Waals surface area contributed by atoms with E-state index in [-0.39, 0.29) is 47.4 Å². The van der Waals surface area contributed by atoms with Crippen LogP contribution >= 0.6 is 0 Å². The van der Waals surface area contributed by atoms with Crippen molar-refractivity contribution in [2.45, 2.75) is 57.5 Å². The average molecular weight is 316 g/mol. The highest BCUT2D eigenvalue weighted by Crippen LogP contribution is 2.51. The Morgan fingerprint density at radius 1 is 0.826 bits per heavy atom. The second kappa shape index (κ2) is 4.64. The molecule has 0 aromatic rings. The first kappa shape index (κ1) is 15.3. The van der Waals surface area contributed by atoms with Gasteiger partial charge in [0.15, 0.2) is 0 Å². The Morgan fingerprint density at radius 2 is 1.22 bits per heavy atom. The van der Waals surface area contributed by atoms with Gasteiger partial charge < -0.3 is 9.47 Å². The highest BCUT2D eigenvalue weighted by molar-refractivity contribution is 5.88. The molecule has 4 aliphatic heterocycles. The highest BCUT2D eigenvalue weighted by atomic mass is 16.5. The van der Waals surface area contributed by atoms with Crippen LogP contribution in [0.3, 0.4) is 0 Å². The molecule has 0 spiro atoms. The highest BCUT2D eigenvalue weighted by Gasteiger charge is 2.60. The van der Waals surface area contributed by atoms with Crippen molar-refractivity contribution in [3.05, 3.63) is 24.3 Å². The molecule has 4 heterocycles. The minimum absolute atomic E-state index is 0.104. The van der Waals surface area contributed by atoms with E-state index in [2.05, 4.69) is 0 Å². The zero-order valence-corrected chi connectivity index (χ0v) is 14.1. The molecule has 4 rings (SSSR count). The van der Waals surface area contributed by atoms with Crippen LogP contribution in [0.4, 0.5) is 0 Å². The molecule has 0 aromatic heterocycles. The summed E-state index contributed by atoms with van der Waals surface area (Å²) in [4.78, 5) is 25.2. The van der Waals surface area contributed by atoms with E-state index in [1.54, 1.807) is 0 Å². The molecular formula is C19H24O4. The van der Waals surface area contributed by atoms with Crippen molar-refractivity contribution in [2.24, 2.45) is 23.7 Å². The first-order valence-electron chi connectivity index (χ1n) is 8.61. The minimum atomic E-state index is -0.650. The number of hydrogen-bond donors (Lipinski definition) is 0. The van der Waals surface area contributed by atoms with Crippen LogP contribution in [-0.2, 0) is 19.1 Å². The van der Waals surface area contributed by atoms with Crippen molar-refractivity contribution in [2.75, 3.05) is 0 Å². The molecule has 23 heavy (non-hydrogen) atoms. The van der Waals surface area contributed by atoms with Gasteiger partial charge in [-0.3, -0.25) is 9.59 Å². The number of carbonyl (C=O) groups excluding carboxylic acids is 2. The summed E-state index contributed by atoms with van der Waals surface area (Å²) in [5.74, 6) is -0.173. The normalized spacial score (nSPS) is 54.1. The number of carbonyl (C=O) groups is 2. The van der Waals surface area contributed by atoms with Crippen molar-refractivity contribution in [3.63, 3.8) is 0 Å². The lowest BCUT2D eigenvalue weighted by Crippen LogP contribution is -2.58. The van der Waals surface area contributed by atoms with Crippen molar-refractivity contribution >= 4 is 11.6 Å². The van der Waals surface area contributed by atoms with E-state index in [0.29, 0.717) is 6.42 Å². The van der Waals surface area contributed by atoms with Crippen LogP contribution in [0.15, 0.2) is 24.3 Å². The lowest BCUT2D eigenvalue weighted by molar-refractivity contribution is -0.188. The Labute approximate surface area is 136 Å². The molecule has 0 aromatic carbocycles. The molecule has 4 aliphatic rings. The lowest BCUT2D eigenvalue weighted by Gasteiger charge is -2.48. The molecule has 4 bridgehead atoms. The number of rotatable bonds is 2. The van der Waals surface area contributed by atoms with Gasteiger partial charge in [0.1, 0.15) is 11.6 Å². The van der Waals surface area contributed by atoms with Gasteiger partial charge in [-0.15, -0.1) is 0 Å². The van der Waals surface area contributed by atoms with Crippen molar-refractivity contribution in [3.8, 4) is 0 Å². The SMILES string of the molecule is C[C@@H]1C(=O)[C@H](C)[C@@H]2C=C[C@@]1(C[C@]13C=C[C@H](O1)[C@@H](C)C(=O)[C@H]3C)O2. The largest absolute Gasteiger partial charge is 0.362 e. The number of ketones is 2. The van der Waals surface area contributed by atoms with Gasteiger partial charge in [0.25, 0.3) is 0 Å². The van der Waals surface area contributed by atoms with Crippen molar-refractivity contribution in [1.82, 2.24) is 0 Å². The quantitative estimate of drug-likeness (QED) is 0.735. The smallest absolute Gasteiger partial charge is 0.144 e. The maximum absolute atomic E-state index is 12.6. The fourth-order valence-corrected chi connectivity index (χ4v) is 4.74. The molecule has 0 unspecified atom stereocenters. The van der Waals surface area contributed by atoms with E-state index in [1.165, 1.54) is 0 Å². The zero-order chi connectivity index (χ0) is 16.6. The van der Waals surface area contributed by atoms with Gasteiger partial charge in [-0.25, -0.2) is 0 Å². The molecule has 0 radical (unpaired) electrons. The summed E-state index contributed by atoms with van der Waals surface area (Å²) in [5, 5.41) is 0. The molecule has 124 valence electrons. The Balaban J connectivity index is 1.68. The summed E-state index contributed by atoms with van der Waals surface area (Å²) in [5.41, 5.74) is -1.30. The topological polar surface area (TPSA) is 52.6 Å². The van der Waals surface area contributed by atoms with Crippen molar-refractivity contribution < 1.29 is 19.1 Å². The number of hydrogen-bond acceptors (Lipinski definition) is 4. The van der Waals surface area contributed by atoms with Gasteiger partial charge in [0.2, 0.25) is 0 Å². The van der Waals surface area contributed by atoms with E-state index in [9.17, 15) is 9.59 Å². The summed E-state index contributed by atoms with van der Waals surface area (Å²) in [6.07, 6.45) is 8.33. The molecule has 2 saturated heterocycles. The minimum Gasteiger partial charge on any atom is -0.362 e. The third-order valence-corrected chi connectivity index (χ3v) is 6.60. The van der Waals surface area contributed by atoms with E-state index in [0.717, 1.165) is 0 Å². The third-order valence-electron chi connectivity index (χ3n) is 6.60. The van der Waals surface area contributed by atoms with Gasteiger partial charge >= 0.3 is 0 Å². The Hall–Kier alpha value is -1.26. The molecule has 8 atom stereocenters. The molecule has 0 aliphatic carbocycles. The maximum Gasteiger partial charge on any atom is 0.144 e. The van der Waals surface area contributed by atoms with Gasteiger partial charge in [0, 0.05) is 30.1 Å². The first-order valence-corrected chi connectivity index (χ1v) is 8.61. The van der Waals surface area contributed by atoms with Crippen LogP contribution < -0.4 is 0 Å². The second-order valence-corrected chi connectivity index (χ2v) is 7.80. The van der Waals surface area contributed by atoms with Gasteiger partial charge in [-0.2, -0.15) is 0 Å². The fourth-order valence-electron chi connectivity index (χ4n) is 4.74. The number of ether oxygens (including phenoxy) is 2. The predicted molar refractivity (Wildman–Crippen MR) is 84.8 cm³/mol. The Kier molecular flexibility index (Phi) is 3.08. The van der Waals surface area contributed by atoms with Crippen LogP contribution in [0.2, 0.25) is 0 Å².